The summed E-state index contributed by atoms with van der Waals surface area (Å²) in [6, 6.07) is 5.68. The van der Waals surface area contributed by atoms with Crippen LogP contribution in [0.15, 0.2) is 18.2 Å². The molecule has 0 unspecified atom stereocenters. The molecule has 0 amide bonds. The lowest BCUT2D eigenvalue weighted by Gasteiger charge is -2.39. The van der Waals surface area contributed by atoms with Crippen LogP contribution in [-0.4, -0.2) is 43.9 Å². The third-order valence-electron chi connectivity index (χ3n) is 4.59. The van der Waals surface area contributed by atoms with Crippen molar-refractivity contribution in [2.75, 3.05) is 33.9 Å². The predicted octanol–water partition coefficient (Wildman–Crippen LogP) is 3.03. The van der Waals surface area contributed by atoms with Crippen LogP contribution in [0.1, 0.15) is 38.7 Å². The van der Waals surface area contributed by atoms with Gasteiger partial charge >= 0.3 is 0 Å². The van der Waals surface area contributed by atoms with E-state index in [9.17, 15) is 5.11 Å². The topological polar surface area (TPSA) is 41.9 Å². The van der Waals surface area contributed by atoms with Crippen molar-refractivity contribution in [1.82, 2.24) is 4.90 Å². The van der Waals surface area contributed by atoms with Crippen molar-refractivity contribution >= 4 is 0 Å². The number of ether oxygens (including phenoxy) is 2. The lowest BCUT2D eigenvalue weighted by atomic mass is 9.84. The number of benzene rings is 1. The molecule has 0 saturated carbocycles. The number of nitrogens with zero attached hydrogens (tertiary/aromatic N) is 1. The summed E-state index contributed by atoms with van der Waals surface area (Å²) >= 11 is 0. The lowest BCUT2D eigenvalue weighted by molar-refractivity contribution is -0.0267. The zero-order chi connectivity index (χ0) is 16.2. The maximum Gasteiger partial charge on any atom is 0.122 e. The highest BCUT2D eigenvalue weighted by Gasteiger charge is 2.34. The number of hydrogen-bond donors (Lipinski definition) is 1. The third-order valence-corrected chi connectivity index (χ3v) is 4.59. The Morgan fingerprint density at radius 3 is 2.09 bits per heavy atom. The minimum Gasteiger partial charge on any atom is -0.497 e. The number of likely N-dealkylation sites (tertiary alicyclic amines) is 1. The average molecular weight is 307 g/mol. The standard InChI is InChI=1S/C18H29NO3/c1-14(2)5-8-19-9-6-18(20,7-10-19)15-11-16(21-3)13-17(12-15)22-4/h11-14,20H,5-10H2,1-4H3. The second-order valence-electron chi connectivity index (χ2n) is 6.66. The van der Waals surface area contributed by atoms with Crippen LogP contribution in [-0.2, 0) is 5.60 Å². The van der Waals surface area contributed by atoms with Crippen molar-refractivity contribution in [2.24, 2.45) is 5.92 Å². The Kier molecular flexibility index (Phi) is 5.70. The first kappa shape index (κ1) is 17.1. The minimum absolute atomic E-state index is 0.725. The van der Waals surface area contributed by atoms with Crippen LogP contribution in [0.25, 0.3) is 0 Å². The monoisotopic (exact) mass is 307 g/mol. The lowest BCUT2D eigenvalue weighted by Crippen LogP contribution is -2.43. The molecule has 1 aliphatic heterocycles. The number of piperidine rings is 1. The van der Waals surface area contributed by atoms with E-state index in [-0.39, 0.29) is 0 Å². The molecular formula is C18H29NO3. The van der Waals surface area contributed by atoms with Gasteiger partial charge in [0.15, 0.2) is 0 Å². The largest absolute Gasteiger partial charge is 0.497 e. The van der Waals surface area contributed by atoms with E-state index in [1.807, 2.05) is 18.2 Å². The molecule has 0 bridgehead atoms. The highest BCUT2D eigenvalue weighted by atomic mass is 16.5. The molecule has 1 aliphatic rings. The molecule has 124 valence electrons. The number of aliphatic hydroxyl groups is 1. The van der Waals surface area contributed by atoms with Gasteiger partial charge in [-0.25, -0.2) is 0 Å². The summed E-state index contributed by atoms with van der Waals surface area (Å²) in [5.41, 5.74) is 0.114. The van der Waals surface area contributed by atoms with Crippen LogP contribution in [0.2, 0.25) is 0 Å². The number of rotatable bonds is 6. The number of hydrogen-bond acceptors (Lipinski definition) is 4. The SMILES string of the molecule is COc1cc(OC)cc(C2(O)CCN(CCC(C)C)CC2)c1. The quantitative estimate of drug-likeness (QED) is 0.877. The molecule has 4 heteroatoms. The first-order chi connectivity index (χ1) is 10.5. The Labute approximate surface area is 134 Å². The summed E-state index contributed by atoms with van der Waals surface area (Å²) in [5, 5.41) is 11.0. The van der Waals surface area contributed by atoms with Crippen molar-refractivity contribution < 1.29 is 14.6 Å². The Hall–Kier alpha value is -1.26. The summed E-state index contributed by atoms with van der Waals surface area (Å²) in [7, 11) is 3.27. The first-order valence-electron chi connectivity index (χ1n) is 8.15. The summed E-state index contributed by atoms with van der Waals surface area (Å²) in [6.07, 6.45) is 2.72. The molecule has 0 atom stereocenters. The van der Waals surface area contributed by atoms with Gasteiger partial charge < -0.3 is 19.5 Å². The van der Waals surface area contributed by atoms with Gasteiger partial charge in [0, 0.05) is 19.2 Å². The van der Waals surface area contributed by atoms with E-state index in [2.05, 4.69) is 18.7 Å². The van der Waals surface area contributed by atoms with Crippen molar-refractivity contribution in [1.29, 1.82) is 0 Å². The molecule has 0 aliphatic carbocycles. The zero-order valence-electron chi connectivity index (χ0n) is 14.3. The molecule has 0 spiro atoms. The highest BCUT2D eigenvalue weighted by molar-refractivity contribution is 5.41. The van der Waals surface area contributed by atoms with E-state index in [0.717, 1.165) is 55.5 Å². The van der Waals surface area contributed by atoms with Gasteiger partial charge in [0.2, 0.25) is 0 Å². The van der Waals surface area contributed by atoms with E-state index < -0.39 is 5.60 Å². The minimum atomic E-state index is -0.782. The number of methoxy groups -OCH3 is 2. The second-order valence-corrected chi connectivity index (χ2v) is 6.66. The van der Waals surface area contributed by atoms with Crippen molar-refractivity contribution in [2.45, 2.75) is 38.7 Å². The Morgan fingerprint density at radius 1 is 1.09 bits per heavy atom. The van der Waals surface area contributed by atoms with E-state index >= 15 is 0 Å². The van der Waals surface area contributed by atoms with Gasteiger partial charge in [-0.2, -0.15) is 0 Å². The van der Waals surface area contributed by atoms with Gasteiger partial charge in [-0.3, -0.25) is 0 Å². The summed E-state index contributed by atoms with van der Waals surface area (Å²) < 4.78 is 10.6. The molecule has 0 aromatic heterocycles. The van der Waals surface area contributed by atoms with Crippen LogP contribution in [0.4, 0.5) is 0 Å². The zero-order valence-corrected chi connectivity index (χ0v) is 14.3. The maximum atomic E-state index is 11.0. The van der Waals surface area contributed by atoms with Crippen LogP contribution in [0.3, 0.4) is 0 Å². The first-order valence-corrected chi connectivity index (χ1v) is 8.15. The van der Waals surface area contributed by atoms with Crippen LogP contribution < -0.4 is 9.47 Å². The van der Waals surface area contributed by atoms with Gasteiger partial charge in [-0.1, -0.05) is 13.8 Å². The summed E-state index contributed by atoms with van der Waals surface area (Å²) in [5.74, 6) is 2.18. The van der Waals surface area contributed by atoms with Gasteiger partial charge in [0.05, 0.1) is 19.8 Å². The Morgan fingerprint density at radius 2 is 1.64 bits per heavy atom. The third kappa shape index (κ3) is 4.14. The molecule has 1 aromatic carbocycles. The van der Waals surface area contributed by atoms with Crippen LogP contribution in [0.5, 0.6) is 11.5 Å². The van der Waals surface area contributed by atoms with Crippen molar-refractivity contribution in [3.8, 4) is 11.5 Å². The molecule has 0 radical (unpaired) electrons. The van der Waals surface area contributed by atoms with E-state index in [1.165, 1.54) is 6.42 Å². The summed E-state index contributed by atoms with van der Waals surface area (Å²) in [6.45, 7) is 7.49. The maximum absolute atomic E-state index is 11.0. The molecule has 4 nitrogen and oxygen atoms in total. The predicted molar refractivity (Wildman–Crippen MR) is 88.6 cm³/mol. The molecule has 22 heavy (non-hydrogen) atoms. The van der Waals surface area contributed by atoms with Gasteiger partial charge in [-0.05, 0) is 49.4 Å². The molecule has 1 heterocycles. The molecule has 1 saturated heterocycles. The Balaban J connectivity index is 2.06. The second kappa shape index (κ2) is 7.34. The van der Waals surface area contributed by atoms with E-state index in [1.54, 1.807) is 14.2 Å². The summed E-state index contributed by atoms with van der Waals surface area (Å²) in [4.78, 5) is 2.45. The highest BCUT2D eigenvalue weighted by Crippen LogP contribution is 2.36. The average Bonchev–Trinajstić information content (AvgIpc) is 2.53. The normalized spacial score (nSPS) is 18.5. The van der Waals surface area contributed by atoms with Gasteiger partial charge in [0.1, 0.15) is 11.5 Å². The van der Waals surface area contributed by atoms with E-state index in [0.29, 0.717) is 0 Å². The Bertz CT molecular complexity index is 457. The fourth-order valence-electron chi connectivity index (χ4n) is 2.95. The van der Waals surface area contributed by atoms with Crippen LogP contribution >= 0.6 is 0 Å². The molecule has 1 fully saturated rings. The molecular weight excluding hydrogens is 278 g/mol. The van der Waals surface area contributed by atoms with Gasteiger partial charge in [0.25, 0.3) is 0 Å². The van der Waals surface area contributed by atoms with E-state index in [4.69, 9.17) is 9.47 Å². The van der Waals surface area contributed by atoms with Gasteiger partial charge in [-0.15, -0.1) is 0 Å². The molecule has 1 aromatic rings. The molecule has 2 rings (SSSR count). The fraction of sp³-hybridized carbons (Fsp3) is 0.667. The fourth-order valence-corrected chi connectivity index (χ4v) is 2.95. The van der Waals surface area contributed by atoms with Crippen molar-refractivity contribution in [3.63, 3.8) is 0 Å². The van der Waals surface area contributed by atoms with Crippen molar-refractivity contribution in [3.05, 3.63) is 23.8 Å². The molecule has 1 N–H and O–H groups in total. The smallest absolute Gasteiger partial charge is 0.122 e. The van der Waals surface area contributed by atoms with Crippen LogP contribution in [0, 0.1) is 5.92 Å².